The van der Waals surface area contributed by atoms with Crippen molar-refractivity contribution in [2.75, 3.05) is 43.6 Å². The van der Waals surface area contributed by atoms with Crippen LogP contribution < -0.4 is 4.90 Å². The Balaban J connectivity index is 0.000000910. The third-order valence-electron chi connectivity index (χ3n) is 6.17. The number of amides is 1. The highest BCUT2D eigenvalue weighted by atomic mass is 35.5. The Kier molecular flexibility index (Phi) is 11.6. The predicted molar refractivity (Wildman–Crippen MR) is 173 cm³/mol. The molecule has 2 aromatic heterocycles. The Morgan fingerprint density at radius 2 is 1.74 bits per heavy atom. The highest BCUT2D eigenvalue weighted by Gasteiger charge is 2.28. The average molecular weight is 629 g/mol. The van der Waals surface area contributed by atoms with Crippen LogP contribution in [0.25, 0.3) is 32.9 Å². The number of pyridine rings is 1. The van der Waals surface area contributed by atoms with Crippen LogP contribution in [0.2, 0.25) is 5.02 Å². The van der Waals surface area contributed by atoms with E-state index in [4.69, 9.17) is 26.6 Å². The standard InChI is InChI=1S/C27H27ClFN5O2S.C2H3N.CH4S/c1-27(2,3)36-26(35)34-13-11-33(12-14-34)24-18-15-30-22(21(29)23(18)31-25(32-24)37-4)17-9-5-7-16-8-6-10-19(28)20(16)17;1-2-3;1-2/h5-10,15H,11-14H2,1-4H3;1H3;2H,1H3. The fourth-order valence-corrected chi connectivity index (χ4v) is 5.11. The molecular weight excluding hydrogens is 595 g/mol. The number of carbonyl (C=O) groups is 1. The summed E-state index contributed by atoms with van der Waals surface area (Å²) < 4.78 is 21.6. The van der Waals surface area contributed by atoms with E-state index in [-0.39, 0.29) is 17.3 Å². The summed E-state index contributed by atoms with van der Waals surface area (Å²) in [4.78, 5) is 30.0. The smallest absolute Gasteiger partial charge is 0.410 e. The van der Waals surface area contributed by atoms with E-state index >= 15 is 4.39 Å². The van der Waals surface area contributed by atoms with Gasteiger partial charge in [-0.15, -0.1) is 0 Å². The van der Waals surface area contributed by atoms with Crippen LogP contribution in [0.15, 0.2) is 47.8 Å². The summed E-state index contributed by atoms with van der Waals surface area (Å²) in [6, 6.07) is 13.0. The molecule has 1 fully saturated rings. The Hall–Kier alpha value is -3.33. The number of fused-ring (bicyclic) bond motifs is 2. The molecule has 12 heteroatoms. The number of carbonyl (C=O) groups excluding carboxylic acids is 1. The molecule has 0 spiro atoms. The quantitative estimate of drug-likeness (QED) is 0.142. The molecule has 4 aromatic rings. The van der Waals surface area contributed by atoms with Crippen LogP contribution in [0, 0.1) is 17.1 Å². The first kappa shape index (κ1) is 33.2. The summed E-state index contributed by atoms with van der Waals surface area (Å²) in [7, 11) is 0. The van der Waals surface area contributed by atoms with Crippen molar-refractivity contribution in [2.45, 2.75) is 38.5 Å². The van der Waals surface area contributed by atoms with Crippen molar-refractivity contribution in [3.05, 3.63) is 53.4 Å². The topological polar surface area (TPSA) is 95.2 Å². The van der Waals surface area contributed by atoms with Crippen LogP contribution in [0.4, 0.5) is 15.0 Å². The molecule has 1 amide bonds. The number of anilines is 1. The third-order valence-corrected chi connectivity index (χ3v) is 7.03. The van der Waals surface area contributed by atoms with Gasteiger partial charge in [-0.25, -0.2) is 19.2 Å². The van der Waals surface area contributed by atoms with Gasteiger partial charge in [0.2, 0.25) is 0 Å². The number of rotatable bonds is 3. The largest absolute Gasteiger partial charge is 0.444 e. The lowest BCUT2D eigenvalue weighted by Crippen LogP contribution is -2.50. The highest BCUT2D eigenvalue weighted by Crippen LogP contribution is 2.37. The number of nitriles is 1. The van der Waals surface area contributed by atoms with Crippen LogP contribution in [-0.2, 0) is 4.74 Å². The van der Waals surface area contributed by atoms with Crippen molar-refractivity contribution in [3.63, 3.8) is 0 Å². The summed E-state index contributed by atoms with van der Waals surface area (Å²) in [5, 5.41) is 10.5. The maximum atomic E-state index is 16.1. The second kappa shape index (κ2) is 14.7. The van der Waals surface area contributed by atoms with Crippen LogP contribution in [0.5, 0.6) is 0 Å². The van der Waals surface area contributed by atoms with E-state index in [1.165, 1.54) is 18.7 Å². The molecule has 1 aliphatic heterocycles. The molecular formula is C30H34ClFN6O2S2. The van der Waals surface area contributed by atoms with Crippen molar-refractivity contribution in [1.29, 1.82) is 5.26 Å². The number of thiol groups is 1. The zero-order valence-electron chi connectivity index (χ0n) is 24.5. The van der Waals surface area contributed by atoms with Crippen molar-refractivity contribution in [2.24, 2.45) is 0 Å². The molecule has 1 aliphatic rings. The molecule has 0 N–H and O–H groups in total. The first-order valence-corrected chi connectivity index (χ1v) is 15.6. The molecule has 8 nitrogen and oxygen atoms in total. The molecule has 0 atom stereocenters. The highest BCUT2D eigenvalue weighted by molar-refractivity contribution is 7.98. The molecule has 1 saturated heterocycles. The Bertz CT molecular complexity index is 1600. The number of piperazine rings is 1. The normalized spacial score (nSPS) is 13.0. The van der Waals surface area contributed by atoms with Gasteiger partial charge in [0.25, 0.3) is 0 Å². The van der Waals surface area contributed by atoms with Crippen molar-refractivity contribution < 1.29 is 13.9 Å². The molecule has 3 heterocycles. The first-order valence-electron chi connectivity index (χ1n) is 13.1. The lowest BCUT2D eigenvalue weighted by Gasteiger charge is -2.36. The van der Waals surface area contributed by atoms with Gasteiger partial charge < -0.3 is 14.5 Å². The van der Waals surface area contributed by atoms with Crippen molar-refractivity contribution in [1.82, 2.24) is 19.9 Å². The van der Waals surface area contributed by atoms with Crippen LogP contribution in [-0.4, -0.2) is 70.2 Å². The molecule has 0 saturated carbocycles. The molecule has 42 heavy (non-hydrogen) atoms. The SMILES string of the molecule is CC#N.CS.CSc1nc(N2CCN(C(=O)OC(C)(C)C)CC2)c2cnc(-c3cccc4cccc(Cl)c34)c(F)c2n1. The molecule has 0 radical (unpaired) electrons. The van der Waals surface area contributed by atoms with E-state index in [0.29, 0.717) is 53.1 Å². The van der Waals surface area contributed by atoms with E-state index in [9.17, 15) is 4.79 Å². The summed E-state index contributed by atoms with van der Waals surface area (Å²) in [5.74, 6) is 0.0864. The average Bonchev–Trinajstić information content (AvgIpc) is 2.97. The lowest BCUT2D eigenvalue weighted by molar-refractivity contribution is 0.0240. The number of hydrogen-bond acceptors (Lipinski definition) is 9. The van der Waals surface area contributed by atoms with Crippen molar-refractivity contribution >= 4 is 69.6 Å². The van der Waals surface area contributed by atoms with Gasteiger partial charge in [-0.1, -0.05) is 53.7 Å². The van der Waals surface area contributed by atoms with E-state index in [2.05, 4.69) is 22.6 Å². The van der Waals surface area contributed by atoms with Gasteiger partial charge in [0.15, 0.2) is 11.0 Å². The molecule has 5 rings (SSSR count). The van der Waals surface area contributed by atoms with E-state index in [1.807, 2.05) is 62.3 Å². The van der Waals surface area contributed by atoms with E-state index in [0.717, 1.165) is 10.8 Å². The molecule has 0 bridgehead atoms. The first-order chi connectivity index (χ1) is 20.1. The van der Waals surface area contributed by atoms with Gasteiger partial charge in [-0.3, -0.25) is 4.98 Å². The van der Waals surface area contributed by atoms with Crippen molar-refractivity contribution in [3.8, 4) is 17.3 Å². The van der Waals surface area contributed by atoms with Gasteiger partial charge in [0.1, 0.15) is 22.6 Å². The minimum atomic E-state index is -0.556. The second-order valence-electron chi connectivity index (χ2n) is 10.0. The zero-order chi connectivity index (χ0) is 31.0. The molecule has 0 aliphatic carbocycles. The molecule has 2 aromatic carbocycles. The predicted octanol–water partition coefficient (Wildman–Crippen LogP) is 7.49. The number of thioether (sulfide) groups is 1. The number of aromatic nitrogens is 3. The fraction of sp³-hybridized carbons (Fsp3) is 0.367. The number of ether oxygens (including phenoxy) is 1. The third kappa shape index (κ3) is 7.54. The minimum Gasteiger partial charge on any atom is -0.444 e. The summed E-state index contributed by atoms with van der Waals surface area (Å²) in [5.41, 5.74) is 0.453. The fourth-order valence-electron chi connectivity index (χ4n) is 4.46. The number of halogens is 2. The Morgan fingerprint density at radius 1 is 1.12 bits per heavy atom. The van der Waals surface area contributed by atoms with Crippen LogP contribution in [0.1, 0.15) is 27.7 Å². The van der Waals surface area contributed by atoms with Crippen LogP contribution >= 0.6 is 36.0 Å². The Morgan fingerprint density at radius 3 is 2.33 bits per heavy atom. The van der Waals surface area contributed by atoms with Gasteiger partial charge in [0.05, 0.1) is 11.5 Å². The van der Waals surface area contributed by atoms with Crippen LogP contribution in [0.3, 0.4) is 0 Å². The minimum absolute atomic E-state index is 0.192. The maximum absolute atomic E-state index is 16.1. The molecule has 0 unspecified atom stereocenters. The molecule has 222 valence electrons. The summed E-state index contributed by atoms with van der Waals surface area (Å²) >= 11 is 11.4. The van der Waals surface area contributed by atoms with Gasteiger partial charge in [-0.2, -0.15) is 17.9 Å². The van der Waals surface area contributed by atoms with E-state index in [1.54, 1.807) is 29.5 Å². The van der Waals surface area contributed by atoms with Gasteiger partial charge in [-0.05, 0) is 44.7 Å². The maximum Gasteiger partial charge on any atom is 0.410 e. The number of nitrogens with zero attached hydrogens (tertiary/aromatic N) is 6. The van der Waals surface area contributed by atoms with Gasteiger partial charge in [0, 0.05) is 55.3 Å². The second-order valence-corrected chi connectivity index (χ2v) is 11.2. The monoisotopic (exact) mass is 628 g/mol. The Labute approximate surface area is 260 Å². The van der Waals surface area contributed by atoms with Gasteiger partial charge >= 0.3 is 6.09 Å². The number of benzene rings is 2. The summed E-state index contributed by atoms with van der Waals surface area (Å²) in [6.45, 7) is 8.97. The van der Waals surface area contributed by atoms with E-state index < -0.39 is 11.4 Å². The lowest BCUT2D eigenvalue weighted by atomic mass is 10.0. The zero-order valence-corrected chi connectivity index (χ0v) is 26.9. The number of hydrogen-bond donors (Lipinski definition) is 1. The summed E-state index contributed by atoms with van der Waals surface area (Å²) in [6.07, 6.45) is 4.84.